The Balaban J connectivity index is 1.40. The number of halogens is 3. The number of fused-ring (bicyclic) bond motifs is 1. The summed E-state index contributed by atoms with van der Waals surface area (Å²) in [5.41, 5.74) is -0.0558. The molecule has 13 heteroatoms. The first-order chi connectivity index (χ1) is 19.6. The highest BCUT2D eigenvalue weighted by atomic mass is 35.5. The van der Waals surface area contributed by atoms with Gasteiger partial charge in [0.15, 0.2) is 10.7 Å². The Morgan fingerprint density at radius 2 is 1.78 bits per heavy atom. The number of aromatic nitrogens is 3. The van der Waals surface area contributed by atoms with Crippen molar-refractivity contribution in [1.82, 2.24) is 19.9 Å². The normalized spacial score (nSPS) is 17.5. The van der Waals surface area contributed by atoms with E-state index >= 15 is 4.39 Å². The summed E-state index contributed by atoms with van der Waals surface area (Å²) in [4.78, 5) is 14.7. The number of rotatable bonds is 8. The van der Waals surface area contributed by atoms with Gasteiger partial charge in [0.2, 0.25) is 11.8 Å². The molecule has 0 bridgehead atoms. The van der Waals surface area contributed by atoms with Crippen LogP contribution in [0.25, 0.3) is 22.0 Å². The minimum Gasteiger partial charge on any atom is -0.480 e. The molecular formula is C28H29ClF2N6O3S. The standard InChI is InChI=1S/C28H29ClF2N6O3S/c1-37(2)20-7-5-19(6-8-20)34-28-33-14-17-12-16(4-10-22(17)35-28)25-21(30)9-11-23(26(25)31)36-41(38,39)24-13-18(29)15-32-27(24)40-3/h4,9-15,19-20,36H,5-8H2,1-3H3,(H,33,34,35)/t19-,20+. The van der Waals surface area contributed by atoms with Crippen LogP contribution in [0.5, 0.6) is 5.88 Å². The molecule has 5 rings (SSSR count). The van der Waals surface area contributed by atoms with E-state index in [2.05, 4.69) is 44.0 Å². The number of ether oxygens (including phenoxy) is 1. The lowest BCUT2D eigenvalue weighted by Crippen LogP contribution is -2.36. The topological polar surface area (TPSA) is 109 Å². The second kappa shape index (κ2) is 11.7. The highest BCUT2D eigenvalue weighted by Crippen LogP contribution is 2.34. The van der Waals surface area contributed by atoms with Crippen LogP contribution < -0.4 is 14.8 Å². The minimum atomic E-state index is -4.39. The summed E-state index contributed by atoms with van der Waals surface area (Å²) >= 11 is 5.91. The van der Waals surface area contributed by atoms with E-state index in [1.165, 1.54) is 19.4 Å². The first kappa shape index (κ1) is 28.9. The first-order valence-corrected chi connectivity index (χ1v) is 14.8. The van der Waals surface area contributed by atoms with Crippen LogP contribution in [-0.4, -0.2) is 61.6 Å². The number of benzene rings is 2. The number of anilines is 2. The van der Waals surface area contributed by atoms with Crippen LogP contribution in [-0.2, 0) is 10.0 Å². The molecule has 9 nitrogen and oxygen atoms in total. The molecule has 1 saturated carbocycles. The van der Waals surface area contributed by atoms with Gasteiger partial charge in [-0.05, 0) is 75.7 Å². The van der Waals surface area contributed by atoms with Crippen molar-refractivity contribution in [3.63, 3.8) is 0 Å². The van der Waals surface area contributed by atoms with Crippen molar-refractivity contribution < 1.29 is 21.9 Å². The van der Waals surface area contributed by atoms with Gasteiger partial charge >= 0.3 is 0 Å². The predicted molar refractivity (Wildman–Crippen MR) is 155 cm³/mol. The minimum absolute atomic E-state index is 0.0416. The summed E-state index contributed by atoms with van der Waals surface area (Å²) in [5.74, 6) is -1.68. The molecule has 0 spiro atoms. The lowest BCUT2D eigenvalue weighted by atomic mass is 9.91. The van der Waals surface area contributed by atoms with Gasteiger partial charge in [-0.1, -0.05) is 17.7 Å². The molecule has 41 heavy (non-hydrogen) atoms. The summed E-state index contributed by atoms with van der Waals surface area (Å²) in [7, 11) is 1.05. The van der Waals surface area contributed by atoms with Gasteiger partial charge in [-0.3, -0.25) is 4.72 Å². The molecule has 0 amide bonds. The summed E-state index contributed by atoms with van der Waals surface area (Å²) in [5, 5.41) is 4.02. The molecule has 0 saturated heterocycles. The number of hydrogen-bond donors (Lipinski definition) is 2. The van der Waals surface area contributed by atoms with Crippen molar-refractivity contribution in [2.75, 3.05) is 31.2 Å². The van der Waals surface area contributed by atoms with Crippen molar-refractivity contribution in [1.29, 1.82) is 0 Å². The van der Waals surface area contributed by atoms with Gasteiger partial charge in [-0.2, -0.15) is 0 Å². The molecule has 2 aromatic heterocycles. The summed E-state index contributed by atoms with van der Waals surface area (Å²) in [6.45, 7) is 0. The van der Waals surface area contributed by atoms with Gasteiger partial charge in [0, 0.05) is 29.9 Å². The number of nitrogens with zero attached hydrogens (tertiary/aromatic N) is 4. The van der Waals surface area contributed by atoms with Gasteiger partial charge in [0.25, 0.3) is 10.0 Å². The van der Waals surface area contributed by atoms with E-state index < -0.39 is 37.8 Å². The third kappa shape index (κ3) is 6.19. The Bertz CT molecular complexity index is 1700. The van der Waals surface area contributed by atoms with Gasteiger partial charge in [-0.15, -0.1) is 0 Å². The molecule has 4 aromatic rings. The van der Waals surface area contributed by atoms with Crippen LogP contribution in [0, 0.1) is 11.6 Å². The molecule has 1 fully saturated rings. The molecule has 2 N–H and O–H groups in total. The highest BCUT2D eigenvalue weighted by molar-refractivity contribution is 7.92. The lowest BCUT2D eigenvalue weighted by molar-refractivity contribution is 0.221. The van der Waals surface area contributed by atoms with Crippen molar-refractivity contribution in [3.05, 3.63) is 65.4 Å². The second-order valence-electron chi connectivity index (χ2n) is 10.1. The Morgan fingerprint density at radius 3 is 2.49 bits per heavy atom. The van der Waals surface area contributed by atoms with Crippen molar-refractivity contribution in [2.45, 2.75) is 42.7 Å². The Labute approximate surface area is 242 Å². The van der Waals surface area contributed by atoms with E-state index in [0.717, 1.165) is 43.9 Å². The third-order valence-electron chi connectivity index (χ3n) is 7.23. The summed E-state index contributed by atoms with van der Waals surface area (Å²) in [6.07, 6.45) is 7.04. The van der Waals surface area contributed by atoms with Crippen LogP contribution in [0.2, 0.25) is 5.02 Å². The SMILES string of the molecule is COc1ncc(Cl)cc1S(=O)(=O)Nc1ccc(F)c(-c2ccc3nc(N[C@H]4CC[C@@H](N(C)C)CC4)ncc3c2)c1F. The zero-order chi connectivity index (χ0) is 29.3. The number of methoxy groups -OCH3 is 1. The number of pyridine rings is 1. The third-order valence-corrected chi connectivity index (χ3v) is 8.80. The molecule has 216 valence electrons. The molecule has 1 aliphatic carbocycles. The average molecular weight is 603 g/mol. The molecule has 2 aromatic carbocycles. The molecule has 0 unspecified atom stereocenters. The smallest absolute Gasteiger partial charge is 0.267 e. The van der Waals surface area contributed by atoms with E-state index in [0.29, 0.717) is 22.9 Å². The maximum Gasteiger partial charge on any atom is 0.267 e. The number of nitrogens with one attached hydrogen (secondary N) is 2. The van der Waals surface area contributed by atoms with Gasteiger partial charge in [-0.25, -0.2) is 32.2 Å². The van der Waals surface area contributed by atoms with Crippen molar-refractivity contribution in [3.8, 4) is 17.0 Å². The van der Waals surface area contributed by atoms with Gasteiger partial charge in [0.05, 0.1) is 28.9 Å². The molecular weight excluding hydrogens is 574 g/mol. The van der Waals surface area contributed by atoms with E-state index in [-0.39, 0.29) is 22.5 Å². The Morgan fingerprint density at radius 1 is 1.02 bits per heavy atom. The fourth-order valence-corrected chi connectivity index (χ4v) is 6.45. The van der Waals surface area contributed by atoms with Crippen molar-refractivity contribution in [2.24, 2.45) is 0 Å². The molecule has 0 aliphatic heterocycles. The fraction of sp³-hybridized carbons (Fsp3) is 0.321. The molecule has 1 aliphatic rings. The Kier molecular flexibility index (Phi) is 8.25. The van der Waals surface area contributed by atoms with Crippen LogP contribution in [0.3, 0.4) is 0 Å². The van der Waals surface area contributed by atoms with E-state index in [4.69, 9.17) is 16.3 Å². The molecule has 2 heterocycles. The molecule has 0 atom stereocenters. The summed E-state index contributed by atoms with van der Waals surface area (Å²) < 4.78 is 63.8. The van der Waals surface area contributed by atoms with Gasteiger partial charge < -0.3 is 15.0 Å². The predicted octanol–water partition coefficient (Wildman–Crippen LogP) is 5.72. The van der Waals surface area contributed by atoms with E-state index in [1.807, 2.05) is 0 Å². The summed E-state index contributed by atoms with van der Waals surface area (Å²) in [6, 6.07) is 8.72. The maximum atomic E-state index is 15.6. The average Bonchev–Trinajstić information content (AvgIpc) is 2.95. The zero-order valence-corrected chi connectivity index (χ0v) is 24.2. The lowest BCUT2D eigenvalue weighted by Gasteiger charge is -2.32. The largest absolute Gasteiger partial charge is 0.480 e. The Hall–Kier alpha value is -3.61. The molecule has 0 radical (unpaired) electrons. The highest BCUT2D eigenvalue weighted by Gasteiger charge is 2.26. The fourth-order valence-electron chi connectivity index (χ4n) is 5.03. The second-order valence-corrected chi connectivity index (χ2v) is 12.2. The number of hydrogen-bond acceptors (Lipinski definition) is 8. The van der Waals surface area contributed by atoms with E-state index in [9.17, 15) is 12.8 Å². The van der Waals surface area contributed by atoms with Crippen molar-refractivity contribution >= 4 is 44.2 Å². The maximum absolute atomic E-state index is 15.6. The monoisotopic (exact) mass is 602 g/mol. The van der Waals surface area contributed by atoms with Gasteiger partial charge in [0.1, 0.15) is 5.82 Å². The number of sulfonamides is 1. The van der Waals surface area contributed by atoms with Crippen LogP contribution in [0.4, 0.5) is 20.4 Å². The van der Waals surface area contributed by atoms with Crippen LogP contribution >= 0.6 is 11.6 Å². The van der Waals surface area contributed by atoms with Crippen LogP contribution in [0.15, 0.2) is 53.7 Å². The van der Waals surface area contributed by atoms with E-state index in [1.54, 1.807) is 18.3 Å². The quantitative estimate of drug-likeness (QED) is 0.264. The van der Waals surface area contributed by atoms with Crippen LogP contribution in [0.1, 0.15) is 25.7 Å². The first-order valence-electron chi connectivity index (χ1n) is 13.0. The zero-order valence-electron chi connectivity index (χ0n) is 22.7.